The van der Waals surface area contributed by atoms with Crippen LogP contribution in [0.3, 0.4) is 0 Å². The Bertz CT molecular complexity index is 282. The summed E-state index contributed by atoms with van der Waals surface area (Å²) < 4.78 is 0. The van der Waals surface area contributed by atoms with Crippen molar-refractivity contribution in [3.63, 3.8) is 0 Å². The van der Waals surface area contributed by atoms with Crippen LogP contribution in [0.2, 0.25) is 0 Å². The number of aliphatic hydroxyl groups is 1. The largest absolute Gasteiger partial charge is 0.389 e. The molecule has 3 heteroatoms. The van der Waals surface area contributed by atoms with Gasteiger partial charge in [-0.05, 0) is 18.6 Å². The second-order valence-corrected chi connectivity index (χ2v) is 3.20. The molecular formula is C9H12N2O. The van der Waals surface area contributed by atoms with E-state index in [0.717, 1.165) is 18.9 Å². The molecule has 12 heavy (non-hydrogen) atoms. The van der Waals surface area contributed by atoms with Gasteiger partial charge in [0.1, 0.15) is 5.82 Å². The molecule has 1 N–H and O–H groups in total. The van der Waals surface area contributed by atoms with E-state index in [1.54, 1.807) is 6.20 Å². The van der Waals surface area contributed by atoms with E-state index in [0.29, 0.717) is 0 Å². The van der Waals surface area contributed by atoms with E-state index in [1.807, 2.05) is 19.1 Å². The van der Waals surface area contributed by atoms with E-state index >= 15 is 0 Å². The molecule has 2 heterocycles. The number of aryl methyl sites for hydroxylation is 1. The van der Waals surface area contributed by atoms with Crippen molar-refractivity contribution in [2.75, 3.05) is 18.0 Å². The second kappa shape index (κ2) is 2.75. The van der Waals surface area contributed by atoms with E-state index < -0.39 is 0 Å². The van der Waals surface area contributed by atoms with Crippen molar-refractivity contribution >= 4 is 5.82 Å². The summed E-state index contributed by atoms with van der Waals surface area (Å²) in [4.78, 5) is 6.33. The molecular weight excluding hydrogens is 152 g/mol. The van der Waals surface area contributed by atoms with Crippen LogP contribution in [0.5, 0.6) is 0 Å². The van der Waals surface area contributed by atoms with Crippen molar-refractivity contribution in [2.45, 2.75) is 13.0 Å². The lowest BCUT2D eigenvalue weighted by Gasteiger charge is -2.37. The topological polar surface area (TPSA) is 36.4 Å². The molecule has 3 nitrogen and oxygen atoms in total. The number of aliphatic hydroxyl groups excluding tert-OH is 1. The SMILES string of the molecule is Cc1cccnc1N1CC(O)C1. The van der Waals surface area contributed by atoms with E-state index in [9.17, 15) is 0 Å². The third-order valence-electron chi connectivity index (χ3n) is 2.14. The van der Waals surface area contributed by atoms with Crippen molar-refractivity contribution in [1.29, 1.82) is 0 Å². The number of aromatic nitrogens is 1. The van der Waals surface area contributed by atoms with Gasteiger partial charge in [-0.25, -0.2) is 4.98 Å². The Labute approximate surface area is 71.7 Å². The predicted molar refractivity (Wildman–Crippen MR) is 47.2 cm³/mol. The lowest BCUT2D eigenvalue weighted by Crippen LogP contribution is -2.51. The van der Waals surface area contributed by atoms with Gasteiger partial charge in [0.2, 0.25) is 0 Å². The summed E-state index contributed by atoms with van der Waals surface area (Å²) in [6.45, 7) is 3.47. The second-order valence-electron chi connectivity index (χ2n) is 3.20. The maximum Gasteiger partial charge on any atom is 0.131 e. The molecule has 1 aromatic heterocycles. The number of pyridine rings is 1. The van der Waals surface area contributed by atoms with E-state index in [4.69, 9.17) is 5.11 Å². The number of rotatable bonds is 1. The highest BCUT2D eigenvalue weighted by atomic mass is 16.3. The first kappa shape index (κ1) is 7.55. The summed E-state index contributed by atoms with van der Waals surface area (Å²) in [6, 6.07) is 3.96. The third-order valence-corrected chi connectivity index (χ3v) is 2.14. The minimum atomic E-state index is -0.161. The van der Waals surface area contributed by atoms with Crippen LogP contribution in [-0.4, -0.2) is 29.3 Å². The first-order valence-electron chi connectivity index (χ1n) is 4.12. The number of hydrogen-bond acceptors (Lipinski definition) is 3. The summed E-state index contributed by atoms with van der Waals surface area (Å²) in [5.41, 5.74) is 1.17. The highest BCUT2D eigenvalue weighted by Gasteiger charge is 2.25. The minimum absolute atomic E-state index is 0.161. The molecule has 0 spiro atoms. The van der Waals surface area contributed by atoms with Crippen molar-refractivity contribution in [3.8, 4) is 0 Å². The maximum absolute atomic E-state index is 9.10. The summed E-state index contributed by atoms with van der Waals surface area (Å²) >= 11 is 0. The van der Waals surface area contributed by atoms with Crippen molar-refractivity contribution in [2.24, 2.45) is 0 Å². The van der Waals surface area contributed by atoms with Gasteiger partial charge in [-0.3, -0.25) is 0 Å². The predicted octanol–water partition coefficient (Wildman–Crippen LogP) is 0.571. The average molecular weight is 164 g/mol. The fourth-order valence-electron chi connectivity index (χ4n) is 1.44. The molecule has 0 unspecified atom stereocenters. The van der Waals surface area contributed by atoms with Gasteiger partial charge in [0, 0.05) is 19.3 Å². The Morgan fingerprint density at radius 2 is 2.33 bits per heavy atom. The molecule has 1 aliphatic rings. The Kier molecular flexibility index (Phi) is 1.73. The Morgan fingerprint density at radius 1 is 1.58 bits per heavy atom. The van der Waals surface area contributed by atoms with Gasteiger partial charge in [-0.2, -0.15) is 0 Å². The molecule has 0 saturated carbocycles. The lowest BCUT2D eigenvalue weighted by molar-refractivity contribution is 0.141. The summed E-state index contributed by atoms with van der Waals surface area (Å²) in [5.74, 6) is 1.00. The maximum atomic E-state index is 9.10. The quantitative estimate of drug-likeness (QED) is 0.659. The van der Waals surface area contributed by atoms with Crippen LogP contribution in [0, 0.1) is 6.92 Å². The molecule has 0 amide bonds. The van der Waals surface area contributed by atoms with Gasteiger partial charge in [0.05, 0.1) is 6.10 Å². The molecule has 0 aliphatic carbocycles. The molecule has 1 saturated heterocycles. The van der Waals surface area contributed by atoms with Crippen LogP contribution in [0.1, 0.15) is 5.56 Å². The molecule has 0 aromatic carbocycles. The van der Waals surface area contributed by atoms with Gasteiger partial charge < -0.3 is 10.0 Å². The smallest absolute Gasteiger partial charge is 0.131 e. The van der Waals surface area contributed by atoms with Gasteiger partial charge in [0.25, 0.3) is 0 Å². The zero-order chi connectivity index (χ0) is 8.55. The van der Waals surface area contributed by atoms with Crippen LogP contribution in [-0.2, 0) is 0 Å². The average Bonchev–Trinajstić information content (AvgIpc) is 2.01. The summed E-state index contributed by atoms with van der Waals surface area (Å²) in [5, 5.41) is 9.10. The molecule has 1 aliphatic heterocycles. The minimum Gasteiger partial charge on any atom is -0.389 e. The summed E-state index contributed by atoms with van der Waals surface area (Å²) in [6.07, 6.45) is 1.62. The molecule has 1 fully saturated rings. The number of hydrogen-bond donors (Lipinski definition) is 1. The standard InChI is InChI=1S/C9H12N2O/c1-7-3-2-4-10-9(7)11-5-8(12)6-11/h2-4,8,12H,5-6H2,1H3. The normalized spacial score (nSPS) is 17.7. The Balaban J connectivity index is 2.18. The third kappa shape index (κ3) is 1.16. The molecule has 1 aromatic rings. The van der Waals surface area contributed by atoms with Crippen LogP contribution in [0.15, 0.2) is 18.3 Å². The first-order valence-corrected chi connectivity index (χ1v) is 4.12. The zero-order valence-corrected chi connectivity index (χ0v) is 7.07. The number of β-amino-alcohol motifs (C(OH)–C–C–N with tert-alkyl or cyclic N) is 1. The van der Waals surface area contributed by atoms with E-state index in [2.05, 4.69) is 9.88 Å². The van der Waals surface area contributed by atoms with Crippen molar-refractivity contribution in [1.82, 2.24) is 4.98 Å². The van der Waals surface area contributed by atoms with Crippen LogP contribution in [0.4, 0.5) is 5.82 Å². The molecule has 0 atom stereocenters. The Morgan fingerprint density at radius 3 is 2.92 bits per heavy atom. The highest BCUT2D eigenvalue weighted by Crippen LogP contribution is 2.21. The van der Waals surface area contributed by atoms with E-state index in [-0.39, 0.29) is 6.10 Å². The first-order chi connectivity index (χ1) is 5.77. The van der Waals surface area contributed by atoms with Crippen molar-refractivity contribution < 1.29 is 5.11 Å². The number of nitrogens with zero attached hydrogens (tertiary/aromatic N) is 2. The highest BCUT2D eigenvalue weighted by molar-refractivity contribution is 5.48. The summed E-state index contributed by atoms with van der Waals surface area (Å²) in [7, 11) is 0. The van der Waals surface area contributed by atoms with Gasteiger partial charge in [-0.15, -0.1) is 0 Å². The van der Waals surface area contributed by atoms with Crippen LogP contribution >= 0.6 is 0 Å². The molecule has 0 bridgehead atoms. The van der Waals surface area contributed by atoms with Crippen LogP contribution in [0.25, 0.3) is 0 Å². The molecule has 2 rings (SSSR count). The lowest BCUT2D eigenvalue weighted by atomic mass is 10.1. The fraction of sp³-hybridized carbons (Fsp3) is 0.444. The fourth-order valence-corrected chi connectivity index (χ4v) is 1.44. The van der Waals surface area contributed by atoms with Crippen molar-refractivity contribution in [3.05, 3.63) is 23.9 Å². The monoisotopic (exact) mass is 164 g/mol. The molecule has 0 radical (unpaired) electrons. The zero-order valence-electron chi connectivity index (χ0n) is 7.07. The van der Waals surface area contributed by atoms with Gasteiger partial charge in [-0.1, -0.05) is 6.07 Å². The van der Waals surface area contributed by atoms with Crippen LogP contribution < -0.4 is 4.90 Å². The number of anilines is 1. The van der Waals surface area contributed by atoms with E-state index in [1.165, 1.54) is 5.56 Å². The Hall–Kier alpha value is -1.09. The van der Waals surface area contributed by atoms with Gasteiger partial charge >= 0.3 is 0 Å². The molecule has 64 valence electrons. The van der Waals surface area contributed by atoms with Gasteiger partial charge in [0.15, 0.2) is 0 Å².